The zero-order chi connectivity index (χ0) is 16.1. The van der Waals surface area contributed by atoms with Crippen LogP contribution in [0.3, 0.4) is 0 Å². The molecule has 0 radical (unpaired) electrons. The third kappa shape index (κ3) is 4.04. The molecule has 0 aliphatic rings. The standard InChI is InChI=1S/C19H21NO2/c1-13-7-9-16(10-8-13)18(21)11-12-19(22)20-17-6-4-5-14(2)15(17)3/h4-10H,11-12H2,1-3H3,(H,20,22). The van der Waals surface area contributed by atoms with Gasteiger partial charge in [-0.2, -0.15) is 0 Å². The second kappa shape index (κ2) is 7.03. The van der Waals surface area contributed by atoms with Crippen molar-refractivity contribution in [2.45, 2.75) is 33.6 Å². The van der Waals surface area contributed by atoms with Gasteiger partial charge in [-0.05, 0) is 38.0 Å². The first-order valence-corrected chi connectivity index (χ1v) is 7.43. The van der Waals surface area contributed by atoms with Gasteiger partial charge in [0, 0.05) is 24.1 Å². The van der Waals surface area contributed by atoms with Crippen molar-refractivity contribution in [3.05, 3.63) is 64.7 Å². The fraction of sp³-hybridized carbons (Fsp3) is 0.263. The highest BCUT2D eigenvalue weighted by atomic mass is 16.2. The smallest absolute Gasteiger partial charge is 0.224 e. The molecule has 1 amide bonds. The monoisotopic (exact) mass is 295 g/mol. The maximum absolute atomic E-state index is 12.1. The normalized spacial score (nSPS) is 10.3. The van der Waals surface area contributed by atoms with Crippen LogP contribution in [0.15, 0.2) is 42.5 Å². The topological polar surface area (TPSA) is 46.2 Å². The van der Waals surface area contributed by atoms with Crippen LogP contribution < -0.4 is 5.32 Å². The SMILES string of the molecule is Cc1ccc(C(=O)CCC(=O)Nc2cccc(C)c2C)cc1. The van der Waals surface area contributed by atoms with Crippen LogP contribution >= 0.6 is 0 Å². The van der Waals surface area contributed by atoms with Gasteiger partial charge in [0.15, 0.2) is 5.78 Å². The largest absolute Gasteiger partial charge is 0.326 e. The van der Waals surface area contributed by atoms with Gasteiger partial charge in [-0.15, -0.1) is 0 Å². The van der Waals surface area contributed by atoms with Crippen LogP contribution in [0.2, 0.25) is 0 Å². The van der Waals surface area contributed by atoms with Crippen molar-refractivity contribution in [2.24, 2.45) is 0 Å². The molecule has 22 heavy (non-hydrogen) atoms. The molecule has 0 unspecified atom stereocenters. The van der Waals surface area contributed by atoms with Gasteiger partial charge < -0.3 is 5.32 Å². The highest BCUT2D eigenvalue weighted by Crippen LogP contribution is 2.18. The number of ketones is 1. The first-order chi connectivity index (χ1) is 10.5. The number of anilines is 1. The maximum atomic E-state index is 12.1. The molecule has 0 aliphatic carbocycles. The number of nitrogens with one attached hydrogen (secondary N) is 1. The van der Waals surface area contributed by atoms with E-state index in [0.717, 1.165) is 22.4 Å². The Bertz CT molecular complexity index is 687. The Hall–Kier alpha value is -2.42. The zero-order valence-corrected chi connectivity index (χ0v) is 13.3. The Morgan fingerprint density at radius 2 is 1.59 bits per heavy atom. The quantitative estimate of drug-likeness (QED) is 0.840. The van der Waals surface area contributed by atoms with E-state index in [0.29, 0.717) is 5.56 Å². The minimum Gasteiger partial charge on any atom is -0.326 e. The first kappa shape index (κ1) is 16.0. The van der Waals surface area contributed by atoms with Crippen molar-refractivity contribution in [1.82, 2.24) is 0 Å². The Balaban J connectivity index is 1.91. The van der Waals surface area contributed by atoms with Crippen LogP contribution in [0.1, 0.15) is 39.9 Å². The van der Waals surface area contributed by atoms with Crippen molar-refractivity contribution in [3.8, 4) is 0 Å². The lowest BCUT2D eigenvalue weighted by molar-refractivity contribution is -0.116. The Labute approximate surface area is 131 Å². The molecule has 3 nitrogen and oxygen atoms in total. The molecule has 2 rings (SSSR count). The van der Waals surface area contributed by atoms with Gasteiger partial charge in [-0.1, -0.05) is 42.0 Å². The van der Waals surface area contributed by atoms with E-state index in [1.54, 1.807) is 12.1 Å². The molecule has 0 saturated heterocycles. The summed E-state index contributed by atoms with van der Waals surface area (Å²) in [5.74, 6) is -0.134. The molecule has 114 valence electrons. The number of carbonyl (C=O) groups is 2. The van der Waals surface area contributed by atoms with E-state index in [-0.39, 0.29) is 24.5 Å². The van der Waals surface area contributed by atoms with Crippen LogP contribution in [0.4, 0.5) is 5.69 Å². The van der Waals surface area contributed by atoms with Crippen LogP contribution in [-0.4, -0.2) is 11.7 Å². The molecule has 0 aliphatic heterocycles. The van der Waals surface area contributed by atoms with E-state index in [4.69, 9.17) is 0 Å². The van der Waals surface area contributed by atoms with Crippen molar-refractivity contribution in [3.63, 3.8) is 0 Å². The number of carbonyl (C=O) groups excluding carboxylic acids is 2. The lowest BCUT2D eigenvalue weighted by Gasteiger charge is -2.10. The highest BCUT2D eigenvalue weighted by molar-refractivity contribution is 6.00. The molecule has 0 atom stereocenters. The van der Waals surface area contributed by atoms with Crippen LogP contribution in [0.5, 0.6) is 0 Å². The fourth-order valence-corrected chi connectivity index (χ4v) is 2.21. The van der Waals surface area contributed by atoms with Gasteiger partial charge in [0.2, 0.25) is 5.91 Å². The summed E-state index contributed by atoms with van der Waals surface area (Å²) in [5.41, 5.74) is 4.77. The molecule has 0 heterocycles. The number of hydrogen-bond donors (Lipinski definition) is 1. The third-order valence-electron chi connectivity index (χ3n) is 3.83. The average Bonchev–Trinajstić information content (AvgIpc) is 2.50. The molecule has 3 heteroatoms. The summed E-state index contributed by atoms with van der Waals surface area (Å²) in [6.45, 7) is 5.96. The summed E-state index contributed by atoms with van der Waals surface area (Å²) < 4.78 is 0. The molecule has 0 bridgehead atoms. The van der Waals surface area contributed by atoms with Crippen LogP contribution in [-0.2, 0) is 4.79 Å². The molecule has 1 N–H and O–H groups in total. The van der Waals surface area contributed by atoms with Crippen LogP contribution in [0.25, 0.3) is 0 Å². The third-order valence-corrected chi connectivity index (χ3v) is 3.83. The number of benzene rings is 2. The van der Waals surface area contributed by atoms with E-state index in [2.05, 4.69) is 5.32 Å². The summed E-state index contributed by atoms with van der Waals surface area (Å²) in [7, 11) is 0. The van der Waals surface area contributed by atoms with E-state index >= 15 is 0 Å². The fourth-order valence-electron chi connectivity index (χ4n) is 2.21. The van der Waals surface area contributed by atoms with Gasteiger partial charge in [-0.25, -0.2) is 0 Å². The second-order valence-electron chi connectivity index (χ2n) is 5.58. The predicted molar refractivity (Wildman–Crippen MR) is 89.3 cm³/mol. The van der Waals surface area contributed by atoms with Gasteiger partial charge >= 0.3 is 0 Å². The number of Topliss-reactive ketones (excluding diaryl/α,β-unsaturated/α-hetero) is 1. The Kier molecular flexibility index (Phi) is 5.10. The molecule has 2 aromatic carbocycles. The molecular weight excluding hydrogens is 274 g/mol. The van der Waals surface area contributed by atoms with Gasteiger partial charge in [0.25, 0.3) is 0 Å². The predicted octanol–water partition coefficient (Wildman–Crippen LogP) is 4.21. The number of rotatable bonds is 5. The Morgan fingerprint density at radius 1 is 0.909 bits per heavy atom. The lowest BCUT2D eigenvalue weighted by atomic mass is 10.0. The first-order valence-electron chi connectivity index (χ1n) is 7.43. The van der Waals surface area contributed by atoms with Gasteiger partial charge in [0.05, 0.1) is 0 Å². The summed E-state index contributed by atoms with van der Waals surface area (Å²) in [6, 6.07) is 13.2. The summed E-state index contributed by atoms with van der Waals surface area (Å²) >= 11 is 0. The summed E-state index contributed by atoms with van der Waals surface area (Å²) in [5, 5.41) is 2.88. The average molecular weight is 295 g/mol. The van der Waals surface area contributed by atoms with Crippen LogP contribution in [0, 0.1) is 20.8 Å². The van der Waals surface area contributed by atoms with Gasteiger partial charge in [-0.3, -0.25) is 9.59 Å². The van der Waals surface area contributed by atoms with Crippen molar-refractivity contribution in [2.75, 3.05) is 5.32 Å². The summed E-state index contributed by atoms with van der Waals surface area (Å²) in [4.78, 5) is 24.1. The highest BCUT2D eigenvalue weighted by Gasteiger charge is 2.10. The molecule has 0 fully saturated rings. The van der Waals surface area contributed by atoms with Crippen molar-refractivity contribution >= 4 is 17.4 Å². The number of aryl methyl sites for hydroxylation is 2. The molecule has 0 spiro atoms. The maximum Gasteiger partial charge on any atom is 0.224 e. The second-order valence-corrected chi connectivity index (χ2v) is 5.58. The molecule has 0 saturated carbocycles. The van der Waals surface area contributed by atoms with E-state index in [1.165, 1.54) is 0 Å². The number of amides is 1. The minimum atomic E-state index is -0.130. The summed E-state index contributed by atoms with van der Waals surface area (Å²) in [6.07, 6.45) is 0.417. The van der Waals surface area contributed by atoms with E-state index in [9.17, 15) is 9.59 Å². The van der Waals surface area contributed by atoms with Crippen molar-refractivity contribution in [1.29, 1.82) is 0 Å². The minimum absolute atomic E-state index is 0.00360. The lowest BCUT2D eigenvalue weighted by Crippen LogP contribution is -2.14. The molecule has 0 aromatic heterocycles. The van der Waals surface area contributed by atoms with E-state index in [1.807, 2.05) is 51.1 Å². The number of hydrogen-bond acceptors (Lipinski definition) is 2. The Morgan fingerprint density at radius 3 is 2.27 bits per heavy atom. The zero-order valence-electron chi connectivity index (χ0n) is 13.3. The van der Waals surface area contributed by atoms with Crippen molar-refractivity contribution < 1.29 is 9.59 Å². The molecular formula is C19H21NO2. The molecule has 2 aromatic rings. The van der Waals surface area contributed by atoms with E-state index < -0.39 is 0 Å². The van der Waals surface area contributed by atoms with Gasteiger partial charge in [0.1, 0.15) is 0 Å².